The lowest BCUT2D eigenvalue weighted by Crippen LogP contribution is -2.13. The van der Waals surface area contributed by atoms with Crippen LogP contribution in [0.3, 0.4) is 0 Å². The van der Waals surface area contributed by atoms with Crippen LogP contribution in [0.2, 0.25) is 5.02 Å². The summed E-state index contributed by atoms with van der Waals surface area (Å²) in [5, 5.41) is 3.58. The van der Waals surface area contributed by atoms with Crippen LogP contribution in [0.4, 0.5) is 10.1 Å². The second kappa shape index (κ2) is 7.25. The van der Waals surface area contributed by atoms with Gasteiger partial charge >= 0.3 is 0 Å². The van der Waals surface area contributed by atoms with Gasteiger partial charge in [0.15, 0.2) is 0 Å². The van der Waals surface area contributed by atoms with E-state index in [1.165, 1.54) is 16.7 Å². The van der Waals surface area contributed by atoms with Crippen LogP contribution in [0.25, 0.3) is 10.9 Å². The highest BCUT2D eigenvalue weighted by molar-refractivity contribution is 6.34. The Hall–Kier alpha value is -3.51. The van der Waals surface area contributed by atoms with Crippen LogP contribution in [0, 0.1) is 5.82 Å². The van der Waals surface area contributed by atoms with E-state index in [1.807, 2.05) is 0 Å². The number of amides is 1. The van der Waals surface area contributed by atoms with Gasteiger partial charge in [-0.25, -0.2) is 4.39 Å². The fourth-order valence-electron chi connectivity index (χ4n) is 2.88. The quantitative estimate of drug-likeness (QED) is 0.545. The smallest absolute Gasteiger partial charge is 0.274 e. The molecule has 0 atom stereocenters. The van der Waals surface area contributed by atoms with Crippen LogP contribution < -0.4 is 5.32 Å². The normalized spacial score (nSPS) is 10.8. The first-order chi connectivity index (χ1) is 13.5. The molecule has 0 radical (unpaired) electrons. The molecule has 0 unspecified atom stereocenters. The molecule has 138 valence electrons. The Morgan fingerprint density at radius 3 is 2.64 bits per heavy atom. The third-order valence-corrected chi connectivity index (χ3v) is 4.54. The summed E-state index contributed by atoms with van der Waals surface area (Å²) in [6.07, 6.45) is 3.15. The molecule has 4 aromatic rings. The maximum Gasteiger partial charge on any atom is 0.274 e. The van der Waals surface area contributed by atoms with E-state index in [1.54, 1.807) is 54.9 Å². The van der Waals surface area contributed by atoms with Crippen molar-refractivity contribution in [1.82, 2.24) is 9.55 Å². The molecule has 1 amide bonds. The van der Waals surface area contributed by atoms with Crippen LogP contribution >= 0.6 is 11.6 Å². The number of hydrogen-bond acceptors (Lipinski definition) is 3. The maximum atomic E-state index is 13.2. The number of halogens is 2. The molecule has 0 saturated heterocycles. The van der Waals surface area contributed by atoms with Gasteiger partial charge in [-0.05, 0) is 54.6 Å². The zero-order valence-corrected chi connectivity index (χ0v) is 15.2. The summed E-state index contributed by atoms with van der Waals surface area (Å²) >= 11 is 6.01. The average Bonchev–Trinajstić information content (AvgIpc) is 3.11. The monoisotopic (exact) mass is 393 g/mol. The van der Waals surface area contributed by atoms with Crippen LogP contribution in [0.5, 0.6) is 0 Å². The van der Waals surface area contributed by atoms with Crippen molar-refractivity contribution in [2.24, 2.45) is 0 Å². The Labute approximate surface area is 164 Å². The second-order valence-corrected chi connectivity index (χ2v) is 6.46. The number of benzene rings is 2. The van der Waals surface area contributed by atoms with Crippen LogP contribution in [0.15, 0.2) is 73.1 Å². The van der Waals surface area contributed by atoms with E-state index >= 15 is 0 Å². The highest BCUT2D eigenvalue weighted by atomic mass is 35.5. The molecule has 2 aromatic heterocycles. The largest absolute Gasteiger partial charge is 0.321 e. The number of rotatable bonds is 3. The summed E-state index contributed by atoms with van der Waals surface area (Å²) in [7, 11) is 0. The molecular formula is C21H13ClFN3O2. The van der Waals surface area contributed by atoms with Crippen molar-refractivity contribution < 1.29 is 14.0 Å². The lowest BCUT2D eigenvalue weighted by molar-refractivity contribution is 0.0964. The average molecular weight is 394 g/mol. The van der Waals surface area contributed by atoms with E-state index < -0.39 is 5.82 Å². The van der Waals surface area contributed by atoms with Gasteiger partial charge in [-0.2, -0.15) is 0 Å². The fraction of sp³-hybridized carbons (Fsp3) is 0. The molecule has 4 rings (SSSR count). The Morgan fingerprint density at radius 2 is 1.89 bits per heavy atom. The Morgan fingerprint density at radius 1 is 1.04 bits per heavy atom. The predicted molar refractivity (Wildman–Crippen MR) is 105 cm³/mol. The SMILES string of the molecule is O=C(Nc1ccc2c(ccn2C(=O)c2ccc(F)cc2Cl)c1)c1ccccn1. The van der Waals surface area contributed by atoms with Gasteiger partial charge in [-0.3, -0.25) is 19.1 Å². The summed E-state index contributed by atoms with van der Waals surface area (Å²) in [4.78, 5) is 29.0. The number of carbonyl (C=O) groups is 2. The molecule has 0 fully saturated rings. The van der Waals surface area contributed by atoms with Crippen LogP contribution in [0.1, 0.15) is 20.8 Å². The molecule has 1 N–H and O–H groups in total. The Kier molecular flexibility index (Phi) is 4.63. The molecule has 0 bridgehead atoms. The molecule has 28 heavy (non-hydrogen) atoms. The van der Waals surface area contributed by atoms with E-state index in [0.717, 1.165) is 11.5 Å². The zero-order chi connectivity index (χ0) is 19.7. The number of hydrogen-bond donors (Lipinski definition) is 1. The first-order valence-electron chi connectivity index (χ1n) is 8.36. The minimum absolute atomic E-state index is 0.0473. The van der Waals surface area contributed by atoms with Crippen molar-refractivity contribution in [3.63, 3.8) is 0 Å². The molecule has 0 aliphatic heterocycles. The summed E-state index contributed by atoms with van der Waals surface area (Å²) in [5.74, 6) is -1.20. The summed E-state index contributed by atoms with van der Waals surface area (Å²) < 4.78 is 14.7. The first-order valence-corrected chi connectivity index (χ1v) is 8.74. The predicted octanol–water partition coefficient (Wildman–Crippen LogP) is 4.77. The van der Waals surface area contributed by atoms with Gasteiger partial charge in [0, 0.05) is 23.5 Å². The van der Waals surface area contributed by atoms with Crippen molar-refractivity contribution in [2.45, 2.75) is 0 Å². The molecule has 0 aliphatic rings. The summed E-state index contributed by atoms with van der Waals surface area (Å²) in [6, 6.07) is 15.7. The van der Waals surface area contributed by atoms with E-state index in [0.29, 0.717) is 16.9 Å². The van der Waals surface area contributed by atoms with Crippen LogP contribution in [-0.4, -0.2) is 21.4 Å². The number of nitrogens with one attached hydrogen (secondary N) is 1. The van der Waals surface area contributed by atoms with E-state index in [-0.39, 0.29) is 22.4 Å². The number of aromatic nitrogens is 2. The topological polar surface area (TPSA) is 64.0 Å². The van der Waals surface area contributed by atoms with E-state index in [2.05, 4.69) is 10.3 Å². The van der Waals surface area contributed by atoms with Gasteiger partial charge in [0.1, 0.15) is 11.5 Å². The summed E-state index contributed by atoms with van der Waals surface area (Å²) in [5.41, 5.74) is 1.73. The molecule has 2 heterocycles. The van der Waals surface area contributed by atoms with Crippen molar-refractivity contribution >= 4 is 40.0 Å². The van der Waals surface area contributed by atoms with Crippen LogP contribution in [-0.2, 0) is 0 Å². The maximum absolute atomic E-state index is 13.2. The van der Waals surface area contributed by atoms with E-state index in [4.69, 9.17) is 11.6 Å². The van der Waals surface area contributed by atoms with Crippen molar-refractivity contribution in [2.75, 3.05) is 5.32 Å². The zero-order valence-electron chi connectivity index (χ0n) is 14.4. The number of anilines is 1. The fourth-order valence-corrected chi connectivity index (χ4v) is 3.13. The lowest BCUT2D eigenvalue weighted by Gasteiger charge is -2.08. The number of fused-ring (bicyclic) bond motifs is 1. The van der Waals surface area contributed by atoms with Gasteiger partial charge < -0.3 is 5.32 Å². The molecule has 7 heteroatoms. The van der Waals surface area contributed by atoms with Crippen molar-refractivity contribution in [3.05, 3.63) is 95.2 Å². The minimum atomic E-state index is -0.507. The second-order valence-electron chi connectivity index (χ2n) is 6.06. The third kappa shape index (κ3) is 3.37. The van der Waals surface area contributed by atoms with Gasteiger partial charge in [-0.15, -0.1) is 0 Å². The minimum Gasteiger partial charge on any atom is -0.321 e. The summed E-state index contributed by atoms with van der Waals surface area (Å²) in [6.45, 7) is 0. The Balaban J connectivity index is 1.63. The standard InChI is InChI=1S/C21H13ClFN3O2/c22-17-12-14(23)4-6-16(17)21(28)26-10-8-13-11-15(5-7-19(13)26)25-20(27)18-3-1-2-9-24-18/h1-12H,(H,25,27). The van der Waals surface area contributed by atoms with Gasteiger partial charge in [0.05, 0.1) is 16.1 Å². The number of carbonyl (C=O) groups excluding carboxylic acids is 2. The first kappa shape index (κ1) is 17.9. The lowest BCUT2D eigenvalue weighted by atomic mass is 10.2. The van der Waals surface area contributed by atoms with Crippen molar-refractivity contribution in [1.29, 1.82) is 0 Å². The number of pyridine rings is 1. The highest BCUT2D eigenvalue weighted by Crippen LogP contribution is 2.24. The molecule has 0 aliphatic carbocycles. The molecular weight excluding hydrogens is 381 g/mol. The van der Waals surface area contributed by atoms with E-state index in [9.17, 15) is 14.0 Å². The van der Waals surface area contributed by atoms with Gasteiger partial charge in [-0.1, -0.05) is 17.7 Å². The molecule has 2 aromatic carbocycles. The van der Waals surface area contributed by atoms with Crippen molar-refractivity contribution in [3.8, 4) is 0 Å². The molecule has 5 nitrogen and oxygen atoms in total. The highest BCUT2D eigenvalue weighted by Gasteiger charge is 2.16. The molecule has 0 spiro atoms. The molecule has 0 saturated carbocycles. The van der Waals surface area contributed by atoms with Gasteiger partial charge in [0.25, 0.3) is 11.8 Å². The Bertz CT molecular complexity index is 1200. The third-order valence-electron chi connectivity index (χ3n) is 4.23. The number of nitrogens with zero attached hydrogens (tertiary/aromatic N) is 2. The van der Waals surface area contributed by atoms with Gasteiger partial charge in [0.2, 0.25) is 0 Å².